The van der Waals surface area contributed by atoms with Gasteiger partial charge >= 0.3 is 18.1 Å². The highest BCUT2D eigenvalue weighted by molar-refractivity contribution is 5.87. The third kappa shape index (κ3) is 10.0. The van der Waals surface area contributed by atoms with E-state index < -0.39 is 41.9 Å². The third-order valence-corrected chi connectivity index (χ3v) is 8.60. The Kier molecular flexibility index (Phi) is 12.2. The van der Waals surface area contributed by atoms with E-state index in [4.69, 9.17) is 10.4 Å². The van der Waals surface area contributed by atoms with Crippen LogP contribution in [-0.2, 0) is 31.8 Å². The first kappa shape index (κ1) is 35.9. The SMILES string of the molecule is N#Cc1ccc(CCNC(=O)[C@@H]2CCN2c2cc(N3CCC(CCCC(=O)N[C@@H](CCC(=O)O)C(=O)O)CC3)nc(C(F)(F)F)n2)cc1. The minimum Gasteiger partial charge on any atom is -0.481 e. The summed E-state index contributed by atoms with van der Waals surface area (Å²) in [5.74, 6) is -4.18. The van der Waals surface area contributed by atoms with Crippen LogP contribution in [0.3, 0.4) is 0 Å². The fourth-order valence-electron chi connectivity index (χ4n) is 5.78. The lowest BCUT2D eigenvalue weighted by Crippen LogP contribution is -2.57. The number of alkyl halides is 3. The molecule has 2 aliphatic rings. The summed E-state index contributed by atoms with van der Waals surface area (Å²) in [7, 11) is 0. The zero-order valence-electron chi connectivity index (χ0n) is 26.2. The molecular weight excluding hydrogens is 635 g/mol. The van der Waals surface area contributed by atoms with Gasteiger partial charge in [0, 0.05) is 45.1 Å². The summed E-state index contributed by atoms with van der Waals surface area (Å²) >= 11 is 0. The van der Waals surface area contributed by atoms with Gasteiger partial charge in [-0.3, -0.25) is 14.4 Å². The number of carboxylic acid groups (broad SMARTS) is 2. The molecule has 2 aromatic rings. The Balaban J connectivity index is 1.29. The fourth-order valence-corrected chi connectivity index (χ4v) is 5.78. The van der Waals surface area contributed by atoms with Gasteiger partial charge in [0.05, 0.1) is 11.6 Å². The number of nitrogens with one attached hydrogen (secondary N) is 2. The van der Waals surface area contributed by atoms with Gasteiger partial charge in [0.1, 0.15) is 23.7 Å². The number of nitrogens with zero attached hydrogens (tertiary/aromatic N) is 5. The standard InChI is InChI=1S/C32H38F3N7O6/c33-32(34,35)31-39-25(41-15-11-20(12-16-41)2-1-3-27(43)38-23(30(47)48)8-9-28(44)45)18-26(40-31)42-17-13-24(42)29(46)37-14-10-21-4-6-22(19-36)7-5-21/h4-7,18,20,23-24H,1-3,8-17H2,(H,37,46)(H,38,43)(H,44,45)(H,47,48)/t23-,24-/m0/s1. The molecular formula is C32H38F3N7O6. The van der Waals surface area contributed by atoms with E-state index in [1.54, 1.807) is 34.1 Å². The lowest BCUT2D eigenvalue weighted by Gasteiger charge is -2.41. The number of halogens is 3. The Hall–Kier alpha value is -4.94. The summed E-state index contributed by atoms with van der Waals surface area (Å²) in [4.78, 5) is 58.1. The van der Waals surface area contributed by atoms with Crippen molar-refractivity contribution in [3.8, 4) is 6.07 Å². The van der Waals surface area contributed by atoms with Crippen molar-refractivity contribution < 1.29 is 42.6 Å². The van der Waals surface area contributed by atoms with Gasteiger partial charge in [-0.15, -0.1) is 0 Å². The molecule has 4 N–H and O–H groups in total. The van der Waals surface area contributed by atoms with Crippen LogP contribution in [0.25, 0.3) is 0 Å². The zero-order valence-corrected chi connectivity index (χ0v) is 26.2. The van der Waals surface area contributed by atoms with Crippen LogP contribution >= 0.6 is 0 Å². The molecule has 1 aromatic carbocycles. The van der Waals surface area contributed by atoms with Crippen LogP contribution in [0.2, 0.25) is 0 Å². The Morgan fingerprint density at radius 2 is 1.69 bits per heavy atom. The number of carboxylic acids is 2. The molecule has 2 amide bonds. The second kappa shape index (κ2) is 16.2. The average Bonchev–Trinajstić information content (AvgIpc) is 3.02. The van der Waals surface area contributed by atoms with Crippen molar-refractivity contribution in [3.05, 3.63) is 47.3 Å². The number of hydrogen-bond acceptors (Lipinski definition) is 9. The maximum atomic E-state index is 13.8. The number of rotatable bonds is 15. The molecule has 48 heavy (non-hydrogen) atoms. The smallest absolute Gasteiger partial charge is 0.451 e. The van der Waals surface area contributed by atoms with E-state index >= 15 is 0 Å². The highest BCUT2D eigenvalue weighted by Gasteiger charge is 2.40. The minimum atomic E-state index is -4.79. The lowest BCUT2D eigenvalue weighted by molar-refractivity contribution is -0.145. The van der Waals surface area contributed by atoms with Crippen LogP contribution in [0.4, 0.5) is 24.8 Å². The van der Waals surface area contributed by atoms with Crippen LogP contribution < -0.4 is 20.4 Å². The van der Waals surface area contributed by atoms with Gasteiger partial charge in [-0.25, -0.2) is 14.8 Å². The van der Waals surface area contributed by atoms with Crippen molar-refractivity contribution in [2.45, 2.75) is 76.0 Å². The minimum absolute atomic E-state index is 0.0296. The number of anilines is 2. The van der Waals surface area contributed by atoms with Crippen LogP contribution in [-0.4, -0.2) is 82.2 Å². The normalized spacial score (nSPS) is 17.2. The maximum absolute atomic E-state index is 13.8. The second-order valence-electron chi connectivity index (χ2n) is 12.0. The first-order chi connectivity index (χ1) is 22.8. The molecule has 0 saturated carbocycles. The fraction of sp³-hybridized carbons (Fsp3) is 0.531. The highest BCUT2D eigenvalue weighted by Crippen LogP contribution is 2.34. The number of piperidine rings is 1. The predicted molar refractivity (Wildman–Crippen MR) is 166 cm³/mol. The molecule has 2 aliphatic heterocycles. The Morgan fingerprint density at radius 3 is 2.27 bits per heavy atom. The molecule has 1 aromatic heterocycles. The molecule has 2 saturated heterocycles. The molecule has 13 nitrogen and oxygen atoms in total. The van der Waals surface area contributed by atoms with E-state index in [1.807, 2.05) is 6.07 Å². The van der Waals surface area contributed by atoms with Crippen LogP contribution in [0.1, 0.15) is 68.3 Å². The van der Waals surface area contributed by atoms with Gasteiger partial charge in [0.15, 0.2) is 0 Å². The van der Waals surface area contributed by atoms with E-state index in [1.165, 1.54) is 6.07 Å². The van der Waals surface area contributed by atoms with E-state index in [2.05, 4.69) is 20.6 Å². The number of hydrogen-bond donors (Lipinski definition) is 4. The number of benzene rings is 1. The Morgan fingerprint density at radius 1 is 1.00 bits per heavy atom. The number of nitriles is 1. The van der Waals surface area contributed by atoms with Gasteiger partial charge < -0.3 is 30.6 Å². The van der Waals surface area contributed by atoms with E-state index in [0.29, 0.717) is 70.3 Å². The van der Waals surface area contributed by atoms with E-state index in [-0.39, 0.29) is 42.7 Å². The van der Waals surface area contributed by atoms with Crippen molar-refractivity contribution in [3.63, 3.8) is 0 Å². The average molecular weight is 674 g/mol. The molecule has 4 rings (SSSR count). The molecule has 258 valence electrons. The van der Waals surface area contributed by atoms with Crippen molar-refractivity contribution in [1.82, 2.24) is 20.6 Å². The largest absolute Gasteiger partial charge is 0.481 e. The number of amides is 2. The summed E-state index contributed by atoms with van der Waals surface area (Å²) < 4.78 is 41.5. The number of aromatic nitrogens is 2. The summed E-state index contributed by atoms with van der Waals surface area (Å²) in [5, 5.41) is 32.1. The van der Waals surface area contributed by atoms with Gasteiger partial charge in [-0.2, -0.15) is 18.4 Å². The zero-order chi connectivity index (χ0) is 34.8. The molecule has 2 fully saturated rings. The van der Waals surface area contributed by atoms with Crippen molar-refractivity contribution in [2.24, 2.45) is 5.92 Å². The van der Waals surface area contributed by atoms with E-state index in [9.17, 15) is 37.5 Å². The second-order valence-corrected chi connectivity index (χ2v) is 12.0. The number of carbonyl (C=O) groups is 4. The highest BCUT2D eigenvalue weighted by atomic mass is 19.4. The van der Waals surface area contributed by atoms with Crippen molar-refractivity contribution in [2.75, 3.05) is 36.0 Å². The van der Waals surface area contributed by atoms with Crippen LogP contribution in [0.15, 0.2) is 30.3 Å². The molecule has 2 atom stereocenters. The molecule has 0 radical (unpaired) electrons. The summed E-state index contributed by atoms with van der Waals surface area (Å²) in [5.41, 5.74) is 1.46. The first-order valence-corrected chi connectivity index (χ1v) is 15.8. The summed E-state index contributed by atoms with van der Waals surface area (Å²) in [6.45, 7) is 1.55. The maximum Gasteiger partial charge on any atom is 0.451 e. The number of aliphatic carboxylic acids is 2. The molecule has 3 heterocycles. The lowest BCUT2D eigenvalue weighted by atomic mass is 9.91. The monoisotopic (exact) mass is 673 g/mol. The van der Waals surface area contributed by atoms with Gasteiger partial charge in [-0.1, -0.05) is 12.1 Å². The topological polar surface area (TPSA) is 189 Å². The Bertz CT molecular complexity index is 1510. The van der Waals surface area contributed by atoms with Gasteiger partial charge in [0.25, 0.3) is 0 Å². The Labute approximate surface area is 275 Å². The molecule has 16 heteroatoms. The molecule has 0 unspecified atom stereocenters. The number of carbonyl (C=O) groups excluding carboxylic acids is 2. The molecule has 0 aliphatic carbocycles. The summed E-state index contributed by atoms with van der Waals surface area (Å²) in [6.07, 6.45) is -1.90. The van der Waals surface area contributed by atoms with Crippen molar-refractivity contribution in [1.29, 1.82) is 5.26 Å². The molecule has 0 spiro atoms. The summed E-state index contributed by atoms with van der Waals surface area (Å²) in [6, 6.07) is 8.57. The predicted octanol–water partition coefficient (Wildman–Crippen LogP) is 3.13. The first-order valence-electron chi connectivity index (χ1n) is 15.8. The molecule has 0 bridgehead atoms. The quantitative estimate of drug-likeness (QED) is 0.217. The van der Waals surface area contributed by atoms with Crippen molar-refractivity contribution >= 4 is 35.4 Å². The van der Waals surface area contributed by atoms with Gasteiger partial charge in [0.2, 0.25) is 17.6 Å². The third-order valence-electron chi connectivity index (χ3n) is 8.60. The van der Waals surface area contributed by atoms with E-state index in [0.717, 1.165) is 5.56 Å². The van der Waals surface area contributed by atoms with Gasteiger partial charge in [-0.05, 0) is 68.6 Å². The van der Waals surface area contributed by atoms with Crippen LogP contribution in [0, 0.1) is 17.2 Å². The van der Waals surface area contributed by atoms with Crippen LogP contribution in [0.5, 0.6) is 0 Å².